The van der Waals surface area contributed by atoms with Gasteiger partial charge < -0.3 is 5.32 Å². The van der Waals surface area contributed by atoms with Crippen molar-refractivity contribution >= 4 is 0 Å². The highest BCUT2D eigenvalue weighted by Crippen LogP contribution is 2.12. The number of nitrogens with one attached hydrogen (secondary N) is 1. The molecule has 0 unspecified atom stereocenters. The molecule has 2 heterocycles. The predicted molar refractivity (Wildman–Crippen MR) is 66.0 cm³/mol. The van der Waals surface area contributed by atoms with Gasteiger partial charge in [0.2, 0.25) is 0 Å². The van der Waals surface area contributed by atoms with Crippen LogP contribution in [0, 0.1) is 13.8 Å². The second-order valence-corrected chi connectivity index (χ2v) is 3.88. The minimum atomic E-state index is 0.766. The van der Waals surface area contributed by atoms with Crippen LogP contribution in [0.4, 0.5) is 0 Å². The van der Waals surface area contributed by atoms with E-state index in [0.717, 1.165) is 36.1 Å². The highest BCUT2D eigenvalue weighted by Gasteiger charge is 2.10. The number of aryl methyl sites for hydroxylation is 2. The van der Waals surface area contributed by atoms with E-state index < -0.39 is 0 Å². The van der Waals surface area contributed by atoms with Crippen LogP contribution in [0.1, 0.15) is 24.1 Å². The van der Waals surface area contributed by atoms with Crippen molar-refractivity contribution in [1.82, 2.24) is 25.1 Å². The van der Waals surface area contributed by atoms with E-state index in [1.54, 1.807) is 10.9 Å². The highest BCUT2D eigenvalue weighted by molar-refractivity contribution is 5.33. The van der Waals surface area contributed by atoms with E-state index in [2.05, 4.69) is 33.4 Å². The minimum absolute atomic E-state index is 0.766. The molecule has 1 N–H and O–H groups in total. The molecule has 0 bridgehead atoms. The number of pyridine rings is 1. The number of nitrogens with zero attached hydrogens (tertiary/aromatic N) is 4. The van der Waals surface area contributed by atoms with E-state index in [0.29, 0.717) is 0 Å². The topological polar surface area (TPSA) is 55.6 Å². The van der Waals surface area contributed by atoms with Gasteiger partial charge in [-0.3, -0.25) is 0 Å². The maximum Gasteiger partial charge on any atom is 0.159 e. The molecule has 0 radical (unpaired) electrons. The molecule has 0 atom stereocenters. The van der Waals surface area contributed by atoms with Crippen LogP contribution < -0.4 is 5.32 Å². The fourth-order valence-electron chi connectivity index (χ4n) is 1.74. The second kappa shape index (κ2) is 5.05. The molecular formula is C12H17N5. The quantitative estimate of drug-likeness (QED) is 0.864. The van der Waals surface area contributed by atoms with Crippen LogP contribution in [-0.2, 0) is 6.54 Å². The molecule has 2 rings (SSSR count). The first-order valence-corrected chi connectivity index (χ1v) is 5.77. The van der Waals surface area contributed by atoms with Crippen LogP contribution in [0.3, 0.4) is 0 Å². The monoisotopic (exact) mass is 231 g/mol. The van der Waals surface area contributed by atoms with Crippen LogP contribution >= 0.6 is 0 Å². The first kappa shape index (κ1) is 11.7. The van der Waals surface area contributed by atoms with Crippen LogP contribution in [-0.4, -0.2) is 26.3 Å². The van der Waals surface area contributed by atoms with Gasteiger partial charge in [-0.05, 0) is 26.5 Å². The van der Waals surface area contributed by atoms with Crippen LogP contribution in [0.25, 0.3) is 5.82 Å². The highest BCUT2D eigenvalue weighted by atomic mass is 15.4. The Hall–Kier alpha value is -1.75. The summed E-state index contributed by atoms with van der Waals surface area (Å²) >= 11 is 0. The molecule has 0 saturated carbocycles. The molecule has 17 heavy (non-hydrogen) atoms. The zero-order valence-electron chi connectivity index (χ0n) is 10.4. The molecule has 0 aliphatic carbocycles. The van der Waals surface area contributed by atoms with Gasteiger partial charge in [-0.15, -0.1) is 5.10 Å². The first-order valence-electron chi connectivity index (χ1n) is 5.77. The molecule has 0 amide bonds. The average Bonchev–Trinajstić information content (AvgIpc) is 2.66. The van der Waals surface area contributed by atoms with Crippen molar-refractivity contribution in [3.8, 4) is 5.82 Å². The normalized spacial score (nSPS) is 10.8. The van der Waals surface area contributed by atoms with Gasteiger partial charge in [0.05, 0.1) is 0 Å². The van der Waals surface area contributed by atoms with Gasteiger partial charge in [0.15, 0.2) is 5.82 Å². The standard InChI is InChI=1S/C12H17N5/c1-4-13-8-11-6-5-7-14-12(11)17-10(3)15-9(2)16-17/h5-7,13H,4,8H2,1-3H3. The van der Waals surface area contributed by atoms with Gasteiger partial charge in [-0.1, -0.05) is 13.0 Å². The van der Waals surface area contributed by atoms with E-state index in [-0.39, 0.29) is 0 Å². The summed E-state index contributed by atoms with van der Waals surface area (Å²) in [5.41, 5.74) is 1.13. The van der Waals surface area contributed by atoms with Crippen molar-refractivity contribution in [1.29, 1.82) is 0 Å². The molecule has 0 spiro atoms. The van der Waals surface area contributed by atoms with Crippen LogP contribution in [0.2, 0.25) is 0 Å². The zero-order chi connectivity index (χ0) is 12.3. The summed E-state index contributed by atoms with van der Waals surface area (Å²) in [5.74, 6) is 2.48. The fourth-order valence-corrected chi connectivity index (χ4v) is 1.74. The van der Waals surface area contributed by atoms with Crippen molar-refractivity contribution in [3.05, 3.63) is 35.5 Å². The Kier molecular flexibility index (Phi) is 3.49. The Labute approximate surface area is 101 Å². The Balaban J connectivity index is 2.40. The summed E-state index contributed by atoms with van der Waals surface area (Å²) in [6.07, 6.45) is 1.78. The summed E-state index contributed by atoms with van der Waals surface area (Å²) in [6.45, 7) is 7.63. The lowest BCUT2D eigenvalue weighted by molar-refractivity contribution is 0.705. The number of aromatic nitrogens is 4. The smallest absolute Gasteiger partial charge is 0.159 e. The van der Waals surface area contributed by atoms with E-state index >= 15 is 0 Å². The third kappa shape index (κ3) is 2.50. The van der Waals surface area contributed by atoms with Crippen LogP contribution in [0.5, 0.6) is 0 Å². The number of rotatable bonds is 4. The molecule has 2 aromatic rings. The second-order valence-electron chi connectivity index (χ2n) is 3.88. The van der Waals surface area contributed by atoms with Gasteiger partial charge in [-0.2, -0.15) is 4.68 Å². The predicted octanol–water partition coefficient (Wildman–Crippen LogP) is 1.39. The third-order valence-electron chi connectivity index (χ3n) is 2.51. The van der Waals surface area contributed by atoms with Gasteiger partial charge in [0.25, 0.3) is 0 Å². The largest absolute Gasteiger partial charge is 0.313 e. The molecule has 90 valence electrons. The lowest BCUT2D eigenvalue weighted by Crippen LogP contribution is -2.15. The molecule has 0 saturated heterocycles. The van der Waals surface area contributed by atoms with E-state index in [4.69, 9.17) is 0 Å². The summed E-state index contributed by atoms with van der Waals surface area (Å²) in [6, 6.07) is 4.00. The maximum atomic E-state index is 4.40. The van der Waals surface area contributed by atoms with Gasteiger partial charge in [0.1, 0.15) is 11.6 Å². The Morgan fingerprint density at radius 1 is 1.35 bits per heavy atom. The molecule has 0 aliphatic rings. The van der Waals surface area contributed by atoms with Crippen molar-refractivity contribution in [2.45, 2.75) is 27.3 Å². The zero-order valence-corrected chi connectivity index (χ0v) is 10.4. The van der Waals surface area contributed by atoms with Gasteiger partial charge in [0, 0.05) is 18.3 Å². The van der Waals surface area contributed by atoms with E-state index in [1.165, 1.54) is 0 Å². The SMILES string of the molecule is CCNCc1cccnc1-n1nc(C)nc1C. The van der Waals surface area contributed by atoms with E-state index in [1.807, 2.05) is 19.9 Å². The summed E-state index contributed by atoms with van der Waals surface area (Å²) in [4.78, 5) is 8.70. The molecule has 2 aromatic heterocycles. The molecular weight excluding hydrogens is 214 g/mol. The van der Waals surface area contributed by atoms with Gasteiger partial charge >= 0.3 is 0 Å². The lowest BCUT2D eigenvalue weighted by atomic mass is 10.2. The molecule has 0 aromatic carbocycles. The Morgan fingerprint density at radius 2 is 2.18 bits per heavy atom. The number of hydrogen-bond acceptors (Lipinski definition) is 4. The van der Waals surface area contributed by atoms with Crippen molar-refractivity contribution in [2.75, 3.05) is 6.54 Å². The summed E-state index contributed by atoms with van der Waals surface area (Å²) in [5, 5.41) is 7.66. The summed E-state index contributed by atoms with van der Waals surface area (Å²) < 4.78 is 1.79. The fraction of sp³-hybridized carbons (Fsp3) is 0.417. The first-order chi connectivity index (χ1) is 8.22. The lowest BCUT2D eigenvalue weighted by Gasteiger charge is -2.09. The third-order valence-corrected chi connectivity index (χ3v) is 2.51. The van der Waals surface area contributed by atoms with E-state index in [9.17, 15) is 0 Å². The maximum absolute atomic E-state index is 4.40. The van der Waals surface area contributed by atoms with Crippen molar-refractivity contribution in [2.24, 2.45) is 0 Å². The minimum Gasteiger partial charge on any atom is -0.313 e. The Morgan fingerprint density at radius 3 is 2.82 bits per heavy atom. The van der Waals surface area contributed by atoms with Crippen LogP contribution in [0.15, 0.2) is 18.3 Å². The average molecular weight is 231 g/mol. The Bertz CT molecular complexity index is 503. The molecule has 5 heteroatoms. The van der Waals surface area contributed by atoms with Crippen molar-refractivity contribution < 1.29 is 0 Å². The summed E-state index contributed by atoms with van der Waals surface area (Å²) in [7, 11) is 0. The van der Waals surface area contributed by atoms with Gasteiger partial charge in [-0.25, -0.2) is 9.97 Å². The molecule has 5 nitrogen and oxygen atoms in total. The van der Waals surface area contributed by atoms with Crippen molar-refractivity contribution in [3.63, 3.8) is 0 Å². The molecule has 0 fully saturated rings. The molecule has 0 aliphatic heterocycles. The number of hydrogen-bond donors (Lipinski definition) is 1.